The van der Waals surface area contributed by atoms with Crippen LogP contribution in [0.2, 0.25) is 0 Å². The maximum absolute atomic E-state index is 13.4. The second-order valence-corrected chi connectivity index (χ2v) is 16.8. The van der Waals surface area contributed by atoms with Gasteiger partial charge in [-0.25, -0.2) is 0 Å². The number of aliphatic hydroxyl groups is 1. The van der Waals surface area contributed by atoms with Crippen molar-refractivity contribution in [3.63, 3.8) is 0 Å². The van der Waals surface area contributed by atoms with Crippen LogP contribution < -0.4 is 0 Å². The van der Waals surface area contributed by atoms with Gasteiger partial charge >= 0.3 is 6.18 Å². The van der Waals surface area contributed by atoms with Crippen LogP contribution in [-0.4, -0.2) is 27.3 Å². The molecule has 0 saturated heterocycles. The van der Waals surface area contributed by atoms with Crippen molar-refractivity contribution >= 4 is 16.6 Å². The summed E-state index contributed by atoms with van der Waals surface area (Å²) in [7, 11) is 0. The summed E-state index contributed by atoms with van der Waals surface area (Å²) in [4.78, 5) is 12.2. The number of nitrogens with zero attached hydrogens (tertiary/aromatic N) is 2. The number of hydrogen-bond acceptors (Lipinski definition) is 4. The first-order valence-electron chi connectivity index (χ1n) is 18.9. The number of hydrogen-bond donors (Lipinski definition) is 1. The standard InChI is InChI=1S/C31H32F3N2.C15H28O2.Ir/c1-19-14-21(18-30(6,7)31(32,33)34)12-13-24(19)26-17-28(36-35-20(26)2)23-15-22-10-8-9-11-25(22)27(16-23)29(3,4)5;1-7-14(5,8-2)12(16)11-13(17)15(6,9-3)10-4;/h8-14,16-17H,18H2,1-7H3;11,16H,7-10H2,1-6H3;/q-1;;/b;12-11-;. The van der Waals surface area contributed by atoms with E-state index in [9.17, 15) is 23.1 Å². The zero-order valence-electron chi connectivity index (χ0n) is 34.5. The largest absolute Gasteiger partial charge is 0.512 e. The van der Waals surface area contributed by atoms with Crippen LogP contribution in [0.1, 0.15) is 124 Å². The van der Waals surface area contributed by atoms with Crippen molar-refractivity contribution in [1.82, 2.24) is 10.2 Å². The quantitative estimate of drug-likeness (QED) is 0.0925. The van der Waals surface area contributed by atoms with E-state index < -0.39 is 11.6 Å². The Morgan fingerprint density at radius 2 is 1.35 bits per heavy atom. The van der Waals surface area contributed by atoms with Crippen molar-refractivity contribution in [3.05, 3.63) is 94.9 Å². The zero-order chi connectivity index (χ0) is 40.2. The summed E-state index contributed by atoms with van der Waals surface area (Å²) in [5, 5.41) is 21.2. The molecule has 0 aliphatic carbocycles. The second-order valence-electron chi connectivity index (χ2n) is 16.8. The minimum absolute atomic E-state index is 0. The predicted molar refractivity (Wildman–Crippen MR) is 214 cm³/mol. The summed E-state index contributed by atoms with van der Waals surface area (Å²) in [5.41, 5.74) is 4.52. The summed E-state index contributed by atoms with van der Waals surface area (Å²) >= 11 is 0. The SMILES string of the molecule is CCC(C)(CC)C(=O)/C=C(\O)C(C)(CC)CC.Cc1cc(CC(C)(C)C(F)(F)F)ccc1-c1cc(-c2[c-]c3ccccc3c(C(C)(C)C)c2)nnc1C.[Ir]. The Kier molecular flexibility index (Phi) is 15.7. The van der Waals surface area contributed by atoms with Crippen LogP contribution in [0.25, 0.3) is 33.2 Å². The Balaban J connectivity index is 0.000000477. The average molecular weight is 922 g/mol. The van der Waals surface area contributed by atoms with Gasteiger partial charge in [0.2, 0.25) is 0 Å². The van der Waals surface area contributed by atoms with Gasteiger partial charge in [0.25, 0.3) is 0 Å². The van der Waals surface area contributed by atoms with E-state index in [0.29, 0.717) is 11.3 Å². The molecular formula is C46H60F3IrN2O2-. The van der Waals surface area contributed by atoms with E-state index in [1.165, 1.54) is 30.9 Å². The summed E-state index contributed by atoms with van der Waals surface area (Å²) in [6, 6.07) is 21.4. The molecule has 0 amide bonds. The summed E-state index contributed by atoms with van der Waals surface area (Å²) < 4.78 is 40.2. The Bertz CT molecular complexity index is 1930. The number of aliphatic hydroxyl groups excluding tert-OH is 1. The van der Waals surface area contributed by atoms with E-state index >= 15 is 0 Å². The molecule has 4 aromatic rings. The molecule has 1 aromatic heterocycles. The molecule has 0 aliphatic heterocycles. The first-order chi connectivity index (χ1) is 24.5. The summed E-state index contributed by atoms with van der Waals surface area (Å²) in [6.45, 7) is 25.0. The molecule has 54 heavy (non-hydrogen) atoms. The van der Waals surface area contributed by atoms with Gasteiger partial charge < -0.3 is 5.11 Å². The number of aryl methyl sites for hydroxylation is 2. The molecule has 0 aliphatic rings. The molecule has 4 nitrogen and oxygen atoms in total. The van der Waals surface area contributed by atoms with Gasteiger partial charge in [0, 0.05) is 42.7 Å². The molecule has 0 spiro atoms. The number of carbonyl (C=O) groups excluding carboxylic acids is 1. The minimum atomic E-state index is -4.26. The van der Waals surface area contributed by atoms with Gasteiger partial charge in [-0.15, -0.1) is 29.1 Å². The number of allylic oxidation sites excluding steroid dienone is 2. The number of alkyl halides is 3. The molecule has 0 unspecified atom stereocenters. The van der Waals surface area contributed by atoms with Gasteiger partial charge in [0.1, 0.15) is 5.76 Å². The second kappa shape index (κ2) is 18.1. The van der Waals surface area contributed by atoms with Crippen LogP contribution in [-0.2, 0) is 36.7 Å². The zero-order valence-corrected chi connectivity index (χ0v) is 36.9. The van der Waals surface area contributed by atoms with Gasteiger partial charge in [-0.2, -0.15) is 23.4 Å². The fraction of sp³-hybridized carbons (Fsp3) is 0.500. The predicted octanol–water partition coefficient (Wildman–Crippen LogP) is 13.5. The van der Waals surface area contributed by atoms with Crippen LogP contribution in [0.3, 0.4) is 0 Å². The maximum atomic E-state index is 13.4. The van der Waals surface area contributed by atoms with E-state index in [1.807, 2.05) is 85.7 Å². The van der Waals surface area contributed by atoms with Gasteiger partial charge in [0.15, 0.2) is 5.78 Å². The third kappa shape index (κ3) is 10.7. The van der Waals surface area contributed by atoms with Gasteiger partial charge in [-0.05, 0) is 73.6 Å². The number of carbonyl (C=O) groups is 1. The van der Waals surface area contributed by atoms with Crippen molar-refractivity contribution in [2.75, 3.05) is 0 Å². The molecule has 4 rings (SSSR count). The number of ketones is 1. The van der Waals surface area contributed by atoms with Crippen molar-refractivity contribution in [2.45, 2.75) is 134 Å². The van der Waals surface area contributed by atoms with Crippen molar-refractivity contribution < 1.29 is 43.2 Å². The Morgan fingerprint density at radius 1 is 0.778 bits per heavy atom. The Hall–Kier alpha value is -3.35. The van der Waals surface area contributed by atoms with E-state index in [1.54, 1.807) is 6.07 Å². The van der Waals surface area contributed by atoms with E-state index in [0.717, 1.165) is 59.0 Å². The molecule has 1 N–H and O–H groups in total. The minimum Gasteiger partial charge on any atom is -0.512 e. The fourth-order valence-electron chi connectivity index (χ4n) is 6.28. The van der Waals surface area contributed by atoms with Crippen LogP contribution in [0.15, 0.2) is 66.4 Å². The average Bonchev–Trinajstić information content (AvgIpc) is 3.10. The fourth-order valence-corrected chi connectivity index (χ4v) is 6.28. The van der Waals surface area contributed by atoms with Gasteiger partial charge in [-0.3, -0.25) is 4.79 Å². The maximum Gasteiger partial charge on any atom is 0.394 e. The Morgan fingerprint density at radius 3 is 1.87 bits per heavy atom. The molecule has 3 aromatic carbocycles. The number of rotatable bonds is 11. The molecule has 0 atom stereocenters. The molecule has 1 radical (unpaired) electrons. The molecule has 1 heterocycles. The molecule has 0 saturated carbocycles. The van der Waals surface area contributed by atoms with Gasteiger partial charge in [-0.1, -0.05) is 130 Å². The van der Waals surface area contributed by atoms with Crippen molar-refractivity contribution in [2.24, 2.45) is 16.2 Å². The Labute approximate surface area is 335 Å². The normalized spacial score (nSPS) is 12.9. The monoisotopic (exact) mass is 922 g/mol. The third-order valence-corrected chi connectivity index (χ3v) is 11.4. The van der Waals surface area contributed by atoms with Crippen LogP contribution in [0.4, 0.5) is 13.2 Å². The first-order valence-corrected chi connectivity index (χ1v) is 18.9. The number of aromatic nitrogens is 2. The molecule has 8 heteroatoms. The molecule has 297 valence electrons. The smallest absolute Gasteiger partial charge is 0.394 e. The topological polar surface area (TPSA) is 63.1 Å². The summed E-state index contributed by atoms with van der Waals surface area (Å²) in [6.07, 6.45) is 0.421. The number of halogens is 3. The van der Waals surface area contributed by atoms with Gasteiger partial charge in [0.05, 0.1) is 11.1 Å². The van der Waals surface area contributed by atoms with Crippen LogP contribution in [0, 0.1) is 36.2 Å². The van der Waals surface area contributed by atoms with Crippen molar-refractivity contribution in [1.29, 1.82) is 0 Å². The molecule has 0 bridgehead atoms. The van der Waals surface area contributed by atoms with E-state index in [2.05, 4.69) is 55.2 Å². The first kappa shape index (κ1) is 46.8. The number of fused-ring (bicyclic) bond motifs is 1. The van der Waals surface area contributed by atoms with E-state index in [-0.39, 0.29) is 54.3 Å². The van der Waals surface area contributed by atoms with Crippen LogP contribution >= 0.6 is 0 Å². The molecule has 0 fully saturated rings. The van der Waals surface area contributed by atoms with Crippen LogP contribution in [0.5, 0.6) is 0 Å². The third-order valence-electron chi connectivity index (χ3n) is 11.4. The summed E-state index contributed by atoms with van der Waals surface area (Å²) in [5.74, 6) is 0.286. The molecular weight excluding hydrogens is 862 g/mol. The number of benzene rings is 3. The van der Waals surface area contributed by atoms with Crippen molar-refractivity contribution in [3.8, 4) is 22.4 Å². The van der Waals surface area contributed by atoms with E-state index in [4.69, 9.17) is 0 Å².